The minimum Gasteiger partial charge on any atom is -0.391 e. The van der Waals surface area contributed by atoms with Crippen molar-refractivity contribution in [1.82, 2.24) is 4.90 Å². The molecule has 2 aromatic carbocycles. The molecule has 2 aliphatic rings. The van der Waals surface area contributed by atoms with Gasteiger partial charge in [-0.3, -0.25) is 4.79 Å². The predicted octanol–water partition coefficient (Wildman–Crippen LogP) is 2.53. The van der Waals surface area contributed by atoms with Crippen LogP contribution in [0.3, 0.4) is 0 Å². The number of anilines is 1. The average Bonchev–Trinajstić information content (AvgIpc) is 3.05. The van der Waals surface area contributed by atoms with Gasteiger partial charge in [0.15, 0.2) is 0 Å². The molecule has 128 valence electrons. The third-order valence-corrected chi connectivity index (χ3v) is 4.57. The van der Waals surface area contributed by atoms with Crippen LogP contribution in [0, 0.1) is 11.6 Å². The van der Waals surface area contributed by atoms with Crippen molar-refractivity contribution in [3.05, 3.63) is 54.1 Å². The number of nitrogens with zero attached hydrogens (tertiary/aromatic N) is 2. The molecule has 3 amide bonds. The van der Waals surface area contributed by atoms with Gasteiger partial charge in [0, 0.05) is 18.5 Å². The average molecular weight is 344 g/mol. The molecular formula is C18H14F2N2O3. The summed E-state index contributed by atoms with van der Waals surface area (Å²) in [5, 5.41) is 9.60. The van der Waals surface area contributed by atoms with Gasteiger partial charge < -0.3 is 10.0 Å². The van der Waals surface area contributed by atoms with Crippen LogP contribution in [-0.2, 0) is 4.79 Å². The van der Waals surface area contributed by atoms with E-state index in [2.05, 4.69) is 0 Å². The zero-order chi connectivity index (χ0) is 17.7. The largest absolute Gasteiger partial charge is 0.391 e. The van der Waals surface area contributed by atoms with Crippen LogP contribution in [0.2, 0.25) is 0 Å². The number of carbonyl (C=O) groups excluding carboxylic acids is 2. The molecule has 2 fully saturated rings. The molecule has 5 nitrogen and oxygen atoms in total. The van der Waals surface area contributed by atoms with Gasteiger partial charge in [-0.2, -0.15) is 0 Å². The number of aliphatic hydroxyl groups excluding tert-OH is 1. The first-order valence-electron chi connectivity index (χ1n) is 7.84. The van der Waals surface area contributed by atoms with E-state index < -0.39 is 35.7 Å². The molecule has 7 heteroatoms. The van der Waals surface area contributed by atoms with Crippen LogP contribution >= 0.6 is 0 Å². The molecule has 0 unspecified atom stereocenters. The van der Waals surface area contributed by atoms with E-state index in [9.17, 15) is 23.5 Å². The fourth-order valence-corrected chi connectivity index (χ4v) is 3.40. The predicted molar refractivity (Wildman–Crippen MR) is 85.8 cm³/mol. The van der Waals surface area contributed by atoms with E-state index in [-0.39, 0.29) is 24.2 Å². The lowest BCUT2D eigenvalue weighted by molar-refractivity contribution is -0.119. The smallest absolute Gasteiger partial charge is 0.332 e. The monoisotopic (exact) mass is 344 g/mol. The van der Waals surface area contributed by atoms with Gasteiger partial charge in [0.1, 0.15) is 17.7 Å². The highest BCUT2D eigenvalue weighted by molar-refractivity contribution is 6.21. The van der Waals surface area contributed by atoms with Crippen molar-refractivity contribution in [1.29, 1.82) is 0 Å². The molecule has 0 radical (unpaired) electrons. The number of hydrogen-bond acceptors (Lipinski definition) is 3. The maximum Gasteiger partial charge on any atom is 0.332 e. The molecular weight excluding hydrogens is 330 g/mol. The minimum atomic E-state index is -0.716. The first-order valence-corrected chi connectivity index (χ1v) is 7.84. The molecule has 0 saturated carbocycles. The van der Waals surface area contributed by atoms with Gasteiger partial charge in [-0.05, 0) is 35.9 Å². The lowest BCUT2D eigenvalue weighted by Gasteiger charge is -2.17. The Morgan fingerprint density at radius 1 is 1.08 bits per heavy atom. The summed E-state index contributed by atoms with van der Waals surface area (Å²) in [5.74, 6) is -1.61. The number of hydrogen-bond donors (Lipinski definition) is 1. The standard InChI is InChI=1S/C18H14F2N2O3/c19-11-3-1-2-10(6-11)14-5-4-12(7-15(14)20)22-17(24)16-8-13(23)9-21(16)18(22)25/h1-7,13,16,23H,8-9H2/t13-,16+/m1/s1. The van der Waals surface area contributed by atoms with Crippen LogP contribution in [0.15, 0.2) is 42.5 Å². The number of aliphatic hydroxyl groups is 1. The highest BCUT2D eigenvalue weighted by atomic mass is 19.1. The van der Waals surface area contributed by atoms with Crippen LogP contribution in [0.1, 0.15) is 6.42 Å². The molecule has 1 N–H and O–H groups in total. The maximum absolute atomic E-state index is 14.5. The van der Waals surface area contributed by atoms with Crippen molar-refractivity contribution in [3.8, 4) is 11.1 Å². The summed E-state index contributed by atoms with van der Waals surface area (Å²) in [6.45, 7) is 0.0929. The Bertz CT molecular complexity index is 862. The van der Waals surface area contributed by atoms with Crippen molar-refractivity contribution in [2.75, 3.05) is 11.4 Å². The summed E-state index contributed by atoms with van der Waals surface area (Å²) in [5.41, 5.74) is 0.668. The van der Waals surface area contributed by atoms with E-state index in [4.69, 9.17) is 0 Å². The molecule has 2 atom stereocenters. The lowest BCUT2D eigenvalue weighted by atomic mass is 10.0. The Labute approximate surface area is 142 Å². The fraction of sp³-hybridized carbons (Fsp3) is 0.222. The number of benzene rings is 2. The third kappa shape index (κ3) is 2.47. The summed E-state index contributed by atoms with van der Waals surface area (Å²) in [7, 11) is 0. The second kappa shape index (κ2) is 5.63. The summed E-state index contributed by atoms with van der Waals surface area (Å²) in [4.78, 5) is 27.1. The van der Waals surface area contributed by atoms with Crippen LogP contribution in [0.4, 0.5) is 19.3 Å². The highest BCUT2D eigenvalue weighted by Gasteiger charge is 2.50. The van der Waals surface area contributed by atoms with Crippen molar-refractivity contribution in [2.45, 2.75) is 18.6 Å². The molecule has 2 aromatic rings. The van der Waals surface area contributed by atoms with Gasteiger partial charge in [0.05, 0.1) is 11.8 Å². The topological polar surface area (TPSA) is 60.9 Å². The normalized spacial score (nSPS) is 22.7. The SMILES string of the molecule is O=C1[C@@H]2C[C@@H](O)CN2C(=O)N1c1ccc(-c2cccc(F)c2)c(F)c1. The number of amides is 3. The van der Waals surface area contributed by atoms with E-state index in [0.29, 0.717) is 5.56 Å². The Morgan fingerprint density at radius 2 is 1.88 bits per heavy atom. The van der Waals surface area contributed by atoms with Crippen molar-refractivity contribution >= 4 is 17.6 Å². The molecule has 2 heterocycles. The Morgan fingerprint density at radius 3 is 2.56 bits per heavy atom. The molecule has 0 aliphatic carbocycles. The number of carbonyl (C=O) groups is 2. The summed E-state index contributed by atoms with van der Waals surface area (Å²) in [6.07, 6.45) is -0.530. The van der Waals surface area contributed by atoms with Crippen LogP contribution < -0.4 is 4.90 Å². The summed E-state index contributed by atoms with van der Waals surface area (Å²) in [6, 6.07) is 8.22. The second-order valence-corrected chi connectivity index (χ2v) is 6.19. The third-order valence-electron chi connectivity index (χ3n) is 4.57. The Hall–Kier alpha value is -2.80. The van der Waals surface area contributed by atoms with E-state index >= 15 is 0 Å². The highest BCUT2D eigenvalue weighted by Crippen LogP contribution is 2.34. The summed E-state index contributed by atoms with van der Waals surface area (Å²) < 4.78 is 27.8. The molecule has 2 saturated heterocycles. The molecule has 2 aliphatic heterocycles. The summed E-state index contributed by atoms with van der Waals surface area (Å²) >= 11 is 0. The molecule has 0 spiro atoms. The molecule has 0 bridgehead atoms. The lowest BCUT2D eigenvalue weighted by Crippen LogP contribution is -2.35. The number of urea groups is 1. The van der Waals surface area contributed by atoms with Crippen molar-refractivity contribution in [3.63, 3.8) is 0 Å². The number of fused-ring (bicyclic) bond motifs is 1. The minimum absolute atomic E-state index is 0.0929. The second-order valence-electron chi connectivity index (χ2n) is 6.19. The Kier molecular flexibility index (Phi) is 3.54. The van der Waals surface area contributed by atoms with E-state index in [1.165, 1.54) is 35.2 Å². The van der Waals surface area contributed by atoms with Crippen LogP contribution in [0.25, 0.3) is 11.1 Å². The fourth-order valence-electron chi connectivity index (χ4n) is 3.40. The van der Waals surface area contributed by atoms with E-state index in [0.717, 1.165) is 11.0 Å². The van der Waals surface area contributed by atoms with Gasteiger partial charge in [-0.15, -0.1) is 0 Å². The molecule has 4 rings (SSSR count). The first kappa shape index (κ1) is 15.7. The number of halogens is 2. The first-order chi connectivity index (χ1) is 12.0. The molecule has 0 aromatic heterocycles. The van der Waals surface area contributed by atoms with Crippen LogP contribution in [-0.4, -0.2) is 40.6 Å². The number of imide groups is 1. The van der Waals surface area contributed by atoms with Gasteiger partial charge in [-0.25, -0.2) is 18.5 Å². The van der Waals surface area contributed by atoms with Gasteiger partial charge >= 0.3 is 6.03 Å². The van der Waals surface area contributed by atoms with Crippen molar-refractivity contribution in [2.24, 2.45) is 0 Å². The zero-order valence-electron chi connectivity index (χ0n) is 13.0. The van der Waals surface area contributed by atoms with Gasteiger partial charge in [0.25, 0.3) is 5.91 Å². The van der Waals surface area contributed by atoms with E-state index in [1.54, 1.807) is 6.07 Å². The number of rotatable bonds is 2. The quantitative estimate of drug-likeness (QED) is 0.852. The molecule has 25 heavy (non-hydrogen) atoms. The van der Waals surface area contributed by atoms with Crippen molar-refractivity contribution < 1.29 is 23.5 Å². The Balaban J connectivity index is 1.68. The van der Waals surface area contributed by atoms with Gasteiger partial charge in [0.2, 0.25) is 0 Å². The van der Waals surface area contributed by atoms with Gasteiger partial charge in [-0.1, -0.05) is 12.1 Å². The van der Waals surface area contributed by atoms with Crippen LogP contribution in [0.5, 0.6) is 0 Å². The van der Waals surface area contributed by atoms with E-state index in [1.807, 2.05) is 0 Å². The zero-order valence-corrected chi connectivity index (χ0v) is 13.0. The maximum atomic E-state index is 14.5.